The van der Waals surface area contributed by atoms with Gasteiger partial charge in [-0.1, -0.05) is 12.1 Å². The third-order valence-corrected chi connectivity index (χ3v) is 5.31. The molecule has 0 bridgehead atoms. The molecule has 164 valence electrons. The van der Waals surface area contributed by atoms with Crippen LogP contribution >= 0.6 is 0 Å². The summed E-state index contributed by atoms with van der Waals surface area (Å²) in [7, 11) is 3.10. The first-order chi connectivity index (χ1) is 15.1. The number of amides is 3. The number of nitrogens with one attached hydrogen (secondary N) is 1. The monoisotopic (exact) mass is 427 g/mol. The fraction of sp³-hybridized carbons (Fsp3) is 0.364. The number of methoxy groups -OCH3 is 2. The Morgan fingerprint density at radius 2 is 1.68 bits per heavy atom. The van der Waals surface area contributed by atoms with Crippen molar-refractivity contribution in [2.75, 3.05) is 52.3 Å². The fourth-order valence-corrected chi connectivity index (χ4v) is 3.57. The van der Waals surface area contributed by atoms with E-state index in [4.69, 9.17) is 18.9 Å². The van der Waals surface area contributed by atoms with Gasteiger partial charge in [0.1, 0.15) is 18.1 Å². The second-order valence-corrected chi connectivity index (χ2v) is 7.17. The SMILES string of the molecule is COc1ccc(NC(=O)N2CCN(C(=O)[C@@H]3COc4ccccc4O3)CC2)c(OC)c1. The van der Waals surface area contributed by atoms with E-state index in [0.29, 0.717) is 54.9 Å². The number of nitrogens with zero attached hydrogens (tertiary/aromatic N) is 2. The van der Waals surface area contributed by atoms with Crippen molar-refractivity contribution in [1.29, 1.82) is 0 Å². The molecule has 2 aromatic rings. The molecule has 0 saturated carbocycles. The Kier molecular flexibility index (Phi) is 6.01. The molecule has 2 aliphatic rings. The van der Waals surface area contributed by atoms with Gasteiger partial charge in [0.05, 0.1) is 19.9 Å². The standard InChI is InChI=1S/C22H25N3O6/c1-28-15-7-8-16(19(13-15)29-2)23-22(27)25-11-9-24(10-12-25)21(26)20-14-30-17-5-3-4-6-18(17)31-20/h3-8,13,20H,9-12,14H2,1-2H3,(H,23,27)/t20-/m0/s1. The van der Waals surface area contributed by atoms with Crippen LogP contribution in [-0.2, 0) is 4.79 Å². The zero-order valence-corrected chi connectivity index (χ0v) is 17.5. The first kappa shape index (κ1) is 20.6. The Hall–Kier alpha value is -3.62. The molecule has 9 heteroatoms. The van der Waals surface area contributed by atoms with E-state index in [0.717, 1.165) is 0 Å². The summed E-state index contributed by atoms with van der Waals surface area (Å²) in [6.45, 7) is 1.86. The van der Waals surface area contributed by atoms with Crippen LogP contribution in [0.1, 0.15) is 0 Å². The summed E-state index contributed by atoms with van der Waals surface area (Å²) in [6.07, 6.45) is -0.682. The molecule has 0 unspecified atom stereocenters. The highest BCUT2D eigenvalue weighted by Crippen LogP contribution is 2.32. The van der Waals surface area contributed by atoms with Gasteiger partial charge in [-0.2, -0.15) is 0 Å². The van der Waals surface area contributed by atoms with E-state index in [9.17, 15) is 9.59 Å². The summed E-state index contributed by atoms with van der Waals surface area (Å²) in [5.41, 5.74) is 0.554. The van der Waals surface area contributed by atoms with Crippen LogP contribution in [0.3, 0.4) is 0 Å². The van der Waals surface area contributed by atoms with Crippen molar-refractivity contribution in [2.45, 2.75) is 6.10 Å². The molecule has 9 nitrogen and oxygen atoms in total. The van der Waals surface area contributed by atoms with Crippen LogP contribution in [0.5, 0.6) is 23.0 Å². The van der Waals surface area contributed by atoms with E-state index >= 15 is 0 Å². The minimum atomic E-state index is -0.682. The third-order valence-electron chi connectivity index (χ3n) is 5.31. The average Bonchev–Trinajstić information content (AvgIpc) is 2.83. The predicted octanol–water partition coefficient (Wildman–Crippen LogP) is 2.22. The number of urea groups is 1. The normalized spacial score (nSPS) is 17.7. The maximum atomic E-state index is 12.8. The van der Waals surface area contributed by atoms with Gasteiger partial charge in [0, 0.05) is 32.2 Å². The first-order valence-electron chi connectivity index (χ1n) is 10.0. The van der Waals surface area contributed by atoms with Gasteiger partial charge >= 0.3 is 6.03 Å². The lowest BCUT2D eigenvalue weighted by Gasteiger charge is -2.37. The Balaban J connectivity index is 1.31. The summed E-state index contributed by atoms with van der Waals surface area (Å²) in [6, 6.07) is 12.2. The van der Waals surface area contributed by atoms with E-state index in [1.807, 2.05) is 18.2 Å². The number of piperazine rings is 1. The maximum absolute atomic E-state index is 12.8. The summed E-state index contributed by atoms with van der Waals surface area (Å²) in [4.78, 5) is 28.9. The quantitative estimate of drug-likeness (QED) is 0.805. The van der Waals surface area contributed by atoms with Crippen molar-refractivity contribution in [1.82, 2.24) is 9.80 Å². The Labute approximate surface area is 180 Å². The minimum absolute atomic E-state index is 0.133. The van der Waals surface area contributed by atoms with Crippen LogP contribution in [0.4, 0.5) is 10.5 Å². The Morgan fingerprint density at radius 3 is 2.39 bits per heavy atom. The van der Waals surface area contributed by atoms with Crippen LogP contribution in [0.25, 0.3) is 0 Å². The highest BCUT2D eigenvalue weighted by atomic mass is 16.6. The number of hydrogen-bond acceptors (Lipinski definition) is 6. The summed E-state index contributed by atoms with van der Waals surface area (Å²) in [5, 5.41) is 2.86. The number of para-hydroxylation sites is 2. The summed E-state index contributed by atoms with van der Waals surface area (Å²) >= 11 is 0. The molecule has 1 fully saturated rings. The molecule has 0 aromatic heterocycles. The van der Waals surface area contributed by atoms with Gasteiger partial charge in [-0.15, -0.1) is 0 Å². The number of rotatable bonds is 4. The molecule has 31 heavy (non-hydrogen) atoms. The topological polar surface area (TPSA) is 89.6 Å². The van der Waals surface area contributed by atoms with Crippen molar-refractivity contribution < 1.29 is 28.5 Å². The van der Waals surface area contributed by atoms with Crippen molar-refractivity contribution in [3.8, 4) is 23.0 Å². The number of benzene rings is 2. The van der Waals surface area contributed by atoms with Crippen LogP contribution in [0.2, 0.25) is 0 Å². The predicted molar refractivity (Wildman–Crippen MR) is 113 cm³/mol. The smallest absolute Gasteiger partial charge is 0.322 e. The highest BCUT2D eigenvalue weighted by molar-refractivity contribution is 5.91. The molecule has 1 atom stereocenters. The molecule has 2 aromatic carbocycles. The molecule has 0 spiro atoms. The molecule has 0 radical (unpaired) electrons. The van der Waals surface area contributed by atoms with Gasteiger partial charge in [-0.25, -0.2) is 4.79 Å². The van der Waals surface area contributed by atoms with Crippen molar-refractivity contribution in [3.63, 3.8) is 0 Å². The van der Waals surface area contributed by atoms with E-state index in [1.165, 1.54) is 7.11 Å². The van der Waals surface area contributed by atoms with E-state index in [2.05, 4.69) is 5.32 Å². The first-order valence-corrected chi connectivity index (χ1v) is 10.0. The van der Waals surface area contributed by atoms with Gasteiger partial charge < -0.3 is 34.1 Å². The van der Waals surface area contributed by atoms with Crippen LogP contribution in [0, 0.1) is 0 Å². The lowest BCUT2D eigenvalue weighted by Crippen LogP contribution is -2.55. The minimum Gasteiger partial charge on any atom is -0.497 e. The number of ether oxygens (including phenoxy) is 4. The molecule has 1 saturated heterocycles. The Morgan fingerprint density at radius 1 is 0.968 bits per heavy atom. The second-order valence-electron chi connectivity index (χ2n) is 7.17. The largest absolute Gasteiger partial charge is 0.497 e. The van der Waals surface area contributed by atoms with Gasteiger partial charge in [-0.05, 0) is 24.3 Å². The molecule has 3 amide bonds. The van der Waals surface area contributed by atoms with Crippen LogP contribution in [0.15, 0.2) is 42.5 Å². The second kappa shape index (κ2) is 9.03. The number of carbonyl (C=O) groups is 2. The zero-order valence-electron chi connectivity index (χ0n) is 17.5. The zero-order chi connectivity index (χ0) is 21.8. The summed E-state index contributed by atoms with van der Waals surface area (Å²) < 4.78 is 22.0. The Bertz CT molecular complexity index is 958. The van der Waals surface area contributed by atoms with Gasteiger partial charge in [0.15, 0.2) is 11.5 Å². The lowest BCUT2D eigenvalue weighted by molar-refractivity contribution is -0.142. The van der Waals surface area contributed by atoms with E-state index in [-0.39, 0.29) is 18.5 Å². The molecule has 1 N–H and O–H groups in total. The molecular weight excluding hydrogens is 402 g/mol. The van der Waals surface area contributed by atoms with Crippen molar-refractivity contribution >= 4 is 17.6 Å². The van der Waals surface area contributed by atoms with Gasteiger partial charge in [0.25, 0.3) is 5.91 Å². The van der Waals surface area contributed by atoms with E-state index in [1.54, 1.807) is 41.2 Å². The van der Waals surface area contributed by atoms with E-state index < -0.39 is 6.10 Å². The van der Waals surface area contributed by atoms with Crippen LogP contribution < -0.4 is 24.3 Å². The maximum Gasteiger partial charge on any atom is 0.322 e. The number of hydrogen-bond donors (Lipinski definition) is 1. The van der Waals surface area contributed by atoms with Gasteiger partial charge in [-0.3, -0.25) is 4.79 Å². The van der Waals surface area contributed by atoms with Crippen LogP contribution in [-0.4, -0.2) is 74.8 Å². The molecule has 4 rings (SSSR count). The van der Waals surface area contributed by atoms with Gasteiger partial charge in [0.2, 0.25) is 6.10 Å². The number of carbonyl (C=O) groups excluding carboxylic acids is 2. The van der Waals surface area contributed by atoms with Crippen molar-refractivity contribution in [3.05, 3.63) is 42.5 Å². The third kappa shape index (κ3) is 4.45. The summed E-state index contributed by atoms with van der Waals surface area (Å²) in [5.74, 6) is 2.22. The molecular formula is C22H25N3O6. The molecule has 2 aliphatic heterocycles. The highest BCUT2D eigenvalue weighted by Gasteiger charge is 2.33. The number of fused-ring (bicyclic) bond motifs is 1. The molecule has 2 heterocycles. The van der Waals surface area contributed by atoms with Crippen molar-refractivity contribution in [2.24, 2.45) is 0 Å². The average molecular weight is 427 g/mol. The lowest BCUT2D eigenvalue weighted by atomic mass is 10.2. The fourth-order valence-electron chi connectivity index (χ4n) is 3.57. The number of anilines is 1. The molecule has 0 aliphatic carbocycles.